The minimum atomic E-state index is -0.508. The molecule has 132 valence electrons. The fraction of sp³-hybridized carbons (Fsp3) is 0.529. The smallest absolute Gasteiger partial charge is 0.413 e. The number of phenols is 2. The Bertz CT molecular complexity index is 603. The predicted molar refractivity (Wildman–Crippen MR) is 91.2 cm³/mol. The summed E-state index contributed by atoms with van der Waals surface area (Å²) in [4.78, 5) is 17.9. The number of alkyl carbamates (subject to hydrolysis) is 1. The molecule has 1 aromatic carbocycles. The molecule has 1 amide bonds. The Labute approximate surface area is 142 Å². The van der Waals surface area contributed by atoms with Crippen molar-refractivity contribution in [1.82, 2.24) is 10.2 Å². The number of hydrogen-bond donors (Lipinski definition) is 3. The number of ether oxygens (including phenoxy) is 1. The van der Waals surface area contributed by atoms with E-state index >= 15 is 0 Å². The molecule has 0 radical (unpaired) electrons. The minimum absolute atomic E-state index is 0.114. The molecule has 7 heteroatoms. The summed E-state index contributed by atoms with van der Waals surface area (Å²) in [5.41, 5.74) is 0.807. The van der Waals surface area contributed by atoms with Crippen LogP contribution in [0.4, 0.5) is 4.79 Å². The summed E-state index contributed by atoms with van der Waals surface area (Å²) in [7, 11) is 1.81. The maximum atomic E-state index is 11.8. The summed E-state index contributed by atoms with van der Waals surface area (Å²) in [6, 6.07) is 4.55. The zero-order valence-electron chi connectivity index (χ0n) is 14.2. The fourth-order valence-corrected chi connectivity index (χ4v) is 2.58. The lowest BCUT2D eigenvalue weighted by molar-refractivity contribution is 0.148. The van der Waals surface area contributed by atoms with E-state index in [1.165, 1.54) is 12.1 Å². The number of amides is 1. The lowest BCUT2D eigenvalue weighted by atomic mass is 10.1. The van der Waals surface area contributed by atoms with Crippen LogP contribution in [0.1, 0.15) is 44.2 Å². The molecule has 0 bridgehead atoms. The van der Waals surface area contributed by atoms with Crippen molar-refractivity contribution in [3.05, 3.63) is 23.8 Å². The number of nitrogens with one attached hydrogen (secondary N) is 1. The van der Waals surface area contributed by atoms with E-state index in [4.69, 9.17) is 4.74 Å². The highest BCUT2D eigenvalue weighted by atomic mass is 16.5. The van der Waals surface area contributed by atoms with Gasteiger partial charge in [0.1, 0.15) is 0 Å². The molecule has 0 saturated carbocycles. The van der Waals surface area contributed by atoms with Crippen LogP contribution in [0.5, 0.6) is 11.5 Å². The van der Waals surface area contributed by atoms with Crippen LogP contribution in [0.25, 0.3) is 0 Å². The summed E-state index contributed by atoms with van der Waals surface area (Å²) in [6.07, 6.45) is 3.69. The van der Waals surface area contributed by atoms with Gasteiger partial charge < -0.3 is 19.8 Å². The summed E-state index contributed by atoms with van der Waals surface area (Å²) in [6.45, 7) is 2.98. The number of unbranched alkanes of at least 4 members (excludes halogenated alkanes) is 3. The van der Waals surface area contributed by atoms with Gasteiger partial charge in [-0.3, -0.25) is 10.3 Å². The van der Waals surface area contributed by atoms with Crippen LogP contribution >= 0.6 is 0 Å². The molecule has 7 nitrogen and oxygen atoms in total. The number of likely N-dealkylation sites (N-methyl/N-ethyl adjacent to an activating group) is 1. The summed E-state index contributed by atoms with van der Waals surface area (Å²) >= 11 is 0. The molecule has 1 heterocycles. The summed E-state index contributed by atoms with van der Waals surface area (Å²) in [5.74, 6) is 0.102. The third-order valence-corrected chi connectivity index (χ3v) is 4.04. The summed E-state index contributed by atoms with van der Waals surface area (Å²) < 4.78 is 5.14. The molecule has 0 spiro atoms. The molecular weight excluding hydrogens is 310 g/mol. The number of carbonyl (C=O) groups excluding carboxylic acids is 1. The van der Waals surface area contributed by atoms with Crippen molar-refractivity contribution in [3.8, 4) is 11.5 Å². The molecule has 1 atom stereocenters. The number of aliphatic imine (C=N–C) groups is 1. The lowest BCUT2D eigenvalue weighted by Crippen LogP contribution is -2.40. The van der Waals surface area contributed by atoms with E-state index in [0.717, 1.165) is 31.2 Å². The molecular formula is C17H25N3O4. The zero-order chi connectivity index (χ0) is 17.5. The second-order valence-corrected chi connectivity index (χ2v) is 5.86. The number of guanidine groups is 1. The quantitative estimate of drug-likeness (QED) is 0.549. The average Bonchev–Trinajstić information content (AvgIpc) is 2.91. The number of hydrogen-bond acceptors (Lipinski definition) is 6. The number of phenolic OH excluding ortho intramolecular Hbond substituents is 2. The van der Waals surface area contributed by atoms with Gasteiger partial charge in [0.25, 0.3) is 0 Å². The van der Waals surface area contributed by atoms with Crippen LogP contribution in [0.3, 0.4) is 0 Å². The second-order valence-electron chi connectivity index (χ2n) is 5.86. The molecule has 0 fully saturated rings. The van der Waals surface area contributed by atoms with Gasteiger partial charge in [0, 0.05) is 7.05 Å². The van der Waals surface area contributed by atoms with E-state index in [2.05, 4.69) is 17.2 Å². The van der Waals surface area contributed by atoms with Crippen LogP contribution in [0.15, 0.2) is 23.2 Å². The third kappa shape index (κ3) is 4.53. The molecule has 24 heavy (non-hydrogen) atoms. The second kappa shape index (κ2) is 8.42. The SMILES string of the molecule is CCCCCCOC(=O)NC1=NCC(c2ccc(O)c(O)c2)N1C. The Kier molecular flexibility index (Phi) is 6.28. The number of rotatable bonds is 6. The Morgan fingerprint density at radius 2 is 2.12 bits per heavy atom. The molecule has 0 aromatic heterocycles. The minimum Gasteiger partial charge on any atom is -0.504 e. The van der Waals surface area contributed by atoms with Gasteiger partial charge in [0.05, 0.1) is 19.2 Å². The topological polar surface area (TPSA) is 94.4 Å². The maximum Gasteiger partial charge on any atom is 0.413 e. The standard InChI is InChI=1S/C17H25N3O4/c1-3-4-5-6-9-24-17(23)19-16-18-11-13(20(16)2)12-7-8-14(21)15(22)10-12/h7-8,10,13,21-22H,3-6,9,11H2,1-2H3,(H,18,19,23). The van der Waals surface area contributed by atoms with Gasteiger partial charge in [-0.05, 0) is 24.1 Å². The highest BCUT2D eigenvalue weighted by Crippen LogP contribution is 2.31. The number of benzene rings is 1. The van der Waals surface area contributed by atoms with E-state index in [1.807, 2.05) is 11.9 Å². The lowest BCUT2D eigenvalue weighted by Gasteiger charge is -2.23. The highest BCUT2D eigenvalue weighted by Gasteiger charge is 2.27. The summed E-state index contributed by atoms with van der Waals surface area (Å²) in [5, 5.41) is 21.7. The van der Waals surface area contributed by atoms with Crippen molar-refractivity contribution in [2.24, 2.45) is 4.99 Å². The van der Waals surface area contributed by atoms with Crippen molar-refractivity contribution in [2.45, 2.75) is 38.6 Å². The zero-order valence-corrected chi connectivity index (χ0v) is 14.2. The first kappa shape index (κ1) is 17.9. The predicted octanol–water partition coefficient (Wildman–Crippen LogP) is 2.75. The van der Waals surface area contributed by atoms with E-state index in [9.17, 15) is 15.0 Å². The molecule has 1 aliphatic rings. The van der Waals surface area contributed by atoms with Gasteiger partial charge in [0.15, 0.2) is 11.5 Å². The van der Waals surface area contributed by atoms with Gasteiger partial charge in [-0.2, -0.15) is 0 Å². The first-order chi connectivity index (χ1) is 11.5. The van der Waals surface area contributed by atoms with Crippen LogP contribution in [-0.4, -0.2) is 47.4 Å². The number of aromatic hydroxyl groups is 2. The largest absolute Gasteiger partial charge is 0.504 e. The molecule has 3 N–H and O–H groups in total. The monoisotopic (exact) mass is 335 g/mol. The molecule has 1 aromatic rings. The van der Waals surface area contributed by atoms with Crippen molar-refractivity contribution in [3.63, 3.8) is 0 Å². The Balaban J connectivity index is 1.83. The Morgan fingerprint density at radius 3 is 2.83 bits per heavy atom. The number of nitrogens with zero attached hydrogens (tertiary/aromatic N) is 2. The van der Waals surface area contributed by atoms with Gasteiger partial charge in [0.2, 0.25) is 5.96 Å². The van der Waals surface area contributed by atoms with Gasteiger partial charge >= 0.3 is 6.09 Å². The Morgan fingerprint density at radius 1 is 1.33 bits per heavy atom. The van der Waals surface area contributed by atoms with Crippen molar-refractivity contribution in [1.29, 1.82) is 0 Å². The van der Waals surface area contributed by atoms with Gasteiger partial charge in [-0.1, -0.05) is 32.3 Å². The van der Waals surface area contributed by atoms with Crippen LogP contribution in [-0.2, 0) is 4.74 Å². The maximum absolute atomic E-state index is 11.8. The normalized spacial score (nSPS) is 16.8. The Hall–Kier alpha value is -2.44. The first-order valence-corrected chi connectivity index (χ1v) is 8.26. The van der Waals surface area contributed by atoms with E-state index in [-0.39, 0.29) is 17.5 Å². The molecule has 1 aliphatic heterocycles. The number of carbonyl (C=O) groups is 1. The molecule has 0 aliphatic carbocycles. The molecule has 0 saturated heterocycles. The molecule has 2 rings (SSSR count). The van der Waals surface area contributed by atoms with Crippen LogP contribution < -0.4 is 5.32 Å². The third-order valence-electron chi connectivity index (χ3n) is 4.04. The van der Waals surface area contributed by atoms with Crippen molar-refractivity contribution >= 4 is 12.1 Å². The van der Waals surface area contributed by atoms with E-state index < -0.39 is 6.09 Å². The average molecular weight is 335 g/mol. The van der Waals surface area contributed by atoms with Gasteiger partial charge in [-0.15, -0.1) is 0 Å². The van der Waals surface area contributed by atoms with E-state index in [1.54, 1.807) is 6.07 Å². The first-order valence-electron chi connectivity index (χ1n) is 8.26. The van der Waals surface area contributed by atoms with Crippen LogP contribution in [0.2, 0.25) is 0 Å². The van der Waals surface area contributed by atoms with Crippen molar-refractivity contribution in [2.75, 3.05) is 20.2 Å². The van der Waals surface area contributed by atoms with E-state index in [0.29, 0.717) is 19.1 Å². The van der Waals surface area contributed by atoms with Crippen molar-refractivity contribution < 1.29 is 19.7 Å². The van der Waals surface area contributed by atoms with Gasteiger partial charge in [-0.25, -0.2) is 4.79 Å². The fourth-order valence-electron chi connectivity index (χ4n) is 2.58. The highest BCUT2D eigenvalue weighted by molar-refractivity contribution is 5.94. The molecule has 1 unspecified atom stereocenters. The van der Waals surface area contributed by atoms with Crippen LogP contribution in [0, 0.1) is 0 Å².